The molecule has 3 aromatic rings. The minimum atomic E-state index is 0.246. The van der Waals surface area contributed by atoms with Gasteiger partial charge in [0, 0.05) is 10.9 Å². The monoisotopic (exact) mass is 274 g/mol. The van der Waals surface area contributed by atoms with Gasteiger partial charge in [0.05, 0.1) is 12.8 Å². The first-order valence-electron chi connectivity index (χ1n) is 5.46. The van der Waals surface area contributed by atoms with Gasteiger partial charge in [-0.25, -0.2) is 9.61 Å². The number of methoxy groups -OCH3 is 1. The highest BCUT2D eigenvalue weighted by Gasteiger charge is 2.14. The van der Waals surface area contributed by atoms with E-state index in [1.54, 1.807) is 7.11 Å². The van der Waals surface area contributed by atoms with E-state index in [9.17, 15) is 0 Å². The van der Waals surface area contributed by atoms with E-state index in [1.165, 1.54) is 11.3 Å². The van der Waals surface area contributed by atoms with Crippen molar-refractivity contribution in [2.75, 3.05) is 12.8 Å². The van der Waals surface area contributed by atoms with Gasteiger partial charge in [0.25, 0.3) is 0 Å². The fraction of sp³-hybridized carbons (Fsp3) is 0.0833. The van der Waals surface area contributed by atoms with Crippen LogP contribution >= 0.6 is 11.3 Å². The molecule has 0 unspecified atom stereocenters. The number of anilines is 1. The lowest BCUT2D eigenvalue weighted by Crippen LogP contribution is -1.88. The summed E-state index contributed by atoms with van der Waals surface area (Å²) in [5.74, 6) is 1.06. The highest BCUT2D eigenvalue weighted by Crippen LogP contribution is 2.30. The quantitative estimate of drug-likeness (QED) is 0.789. The lowest BCUT2D eigenvalue weighted by molar-refractivity contribution is 0.310. The summed E-state index contributed by atoms with van der Waals surface area (Å²) < 4.78 is 9.69. The average Bonchev–Trinajstić information content (AvgIpc) is 3.07. The van der Waals surface area contributed by atoms with Gasteiger partial charge in [-0.3, -0.25) is 0 Å². The van der Waals surface area contributed by atoms with Crippen LogP contribution in [0, 0.1) is 0 Å². The van der Waals surface area contributed by atoms with Gasteiger partial charge in [-0.2, -0.15) is 0 Å². The molecule has 96 valence electrons. The van der Waals surface area contributed by atoms with Gasteiger partial charge in [0.1, 0.15) is 10.8 Å². The number of thiazole rings is 1. The molecule has 0 saturated heterocycles. The molecule has 2 heterocycles. The molecule has 19 heavy (non-hydrogen) atoms. The van der Waals surface area contributed by atoms with Crippen LogP contribution in [0.2, 0.25) is 0 Å². The van der Waals surface area contributed by atoms with Crippen LogP contribution in [-0.4, -0.2) is 22.4 Å². The molecule has 0 fully saturated rings. The number of rotatable bonds is 3. The molecule has 0 saturated carbocycles. The molecule has 1 aromatic carbocycles. The Morgan fingerprint density at radius 2 is 2.00 bits per heavy atom. The summed E-state index contributed by atoms with van der Waals surface area (Å²) >= 11 is 1.44. The first-order valence-corrected chi connectivity index (χ1v) is 6.34. The van der Waals surface area contributed by atoms with Crippen LogP contribution in [-0.2, 0) is 0 Å². The third kappa shape index (κ3) is 2.15. The Morgan fingerprint density at radius 3 is 2.63 bits per heavy atom. The zero-order valence-corrected chi connectivity index (χ0v) is 10.8. The fourth-order valence-corrected chi connectivity index (χ4v) is 2.44. The van der Waals surface area contributed by atoms with Crippen LogP contribution in [0.25, 0.3) is 22.0 Å². The van der Waals surface area contributed by atoms with Crippen LogP contribution in [0.4, 0.5) is 5.82 Å². The van der Waals surface area contributed by atoms with Crippen molar-refractivity contribution >= 4 is 17.2 Å². The molecule has 0 amide bonds. The number of benzene rings is 1. The van der Waals surface area contributed by atoms with E-state index in [2.05, 4.69) is 19.9 Å². The number of hydrogen-bond acceptors (Lipinski definition) is 7. The summed E-state index contributed by atoms with van der Waals surface area (Å²) in [5.41, 5.74) is 7.97. The van der Waals surface area contributed by atoms with E-state index >= 15 is 0 Å². The molecular weight excluding hydrogens is 264 g/mol. The van der Waals surface area contributed by atoms with Crippen molar-refractivity contribution < 1.29 is 9.37 Å². The Hall–Kier alpha value is -2.41. The van der Waals surface area contributed by atoms with Crippen molar-refractivity contribution in [2.45, 2.75) is 0 Å². The first-order chi connectivity index (χ1) is 9.28. The summed E-state index contributed by atoms with van der Waals surface area (Å²) in [6, 6.07) is 7.67. The van der Waals surface area contributed by atoms with Gasteiger partial charge in [0.2, 0.25) is 0 Å². The molecule has 0 aliphatic carbocycles. The maximum Gasteiger partial charge on any atom is 0.198 e. The third-order valence-corrected chi connectivity index (χ3v) is 3.46. The second-order valence-corrected chi connectivity index (χ2v) is 4.62. The molecule has 0 radical (unpaired) electrons. The van der Waals surface area contributed by atoms with E-state index in [0.717, 1.165) is 17.0 Å². The highest BCUT2D eigenvalue weighted by molar-refractivity contribution is 7.13. The van der Waals surface area contributed by atoms with Gasteiger partial charge in [-0.15, -0.1) is 11.3 Å². The molecule has 0 aliphatic heterocycles. The number of nitrogen functional groups attached to an aromatic ring is 1. The fourth-order valence-electron chi connectivity index (χ4n) is 1.62. The maximum atomic E-state index is 5.64. The molecule has 0 spiro atoms. The van der Waals surface area contributed by atoms with Crippen LogP contribution in [0.5, 0.6) is 5.75 Å². The SMILES string of the molecule is COc1ccc(-c2csc(-c3nonc3N)n2)cc1. The van der Waals surface area contributed by atoms with Gasteiger partial charge >= 0.3 is 0 Å². The van der Waals surface area contributed by atoms with E-state index < -0.39 is 0 Å². The van der Waals surface area contributed by atoms with Crippen molar-refractivity contribution in [2.24, 2.45) is 0 Å². The minimum Gasteiger partial charge on any atom is -0.497 e. The lowest BCUT2D eigenvalue weighted by atomic mass is 10.2. The van der Waals surface area contributed by atoms with Crippen LogP contribution in [0.15, 0.2) is 34.3 Å². The first kappa shape index (κ1) is 11.7. The van der Waals surface area contributed by atoms with Crippen molar-refractivity contribution in [1.82, 2.24) is 15.3 Å². The van der Waals surface area contributed by atoms with Crippen molar-refractivity contribution in [3.05, 3.63) is 29.6 Å². The summed E-state index contributed by atoms with van der Waals surface area (Å²) in [5, 5.41) is 9.90. The van der Waals surface area contributed by atoms with Crippen LogP contribution in [0.3, 0.4) is 0 Å². The predicted molar refractivity (Wildman–Crippen MR) is 71.8 cm³/mol. The zero-order chi connectivity index (χ0) is 13.2. The van der Waals surface area contributed by atoms with Gasteiger partial charge < -0.3 is 10.5 Å². The van der Waals surface area contributed by atoms with Gasteiger partial charge in [-0.05, 0) is 34.6 Å². The van der Waals surface area contributed by atoms with Crippen molar-refractivity contribution in [3.63, 3.8) is 0 Å². The molecule has 0 atom stereocenters. The molecule has 2 N–H and O–H groups in total. The summed E-state index contributed by atoms with van der Waals surface area (Å²) in [4.78, 5) is 4.47. The molecule has 3 rings (SSSR count). The minimum absolute atomic E-state index is 0.246. The topological polar surface area (TPSA) is 87.1 Å². The molecule has 0 aliphatic rings. The molecule has 2 aromatic heterocycles. The summed E-state index contributed by atoms with van der Waals surface area (Å²) in [6.45, 7) is 0. The number of ether oxygens (including phenoxy) is 1. The Kier molecular flexibility index (Phi) is 2.88. The Balaban J connectivity index is 1.94. The standard InChI is InChI=1S/C12H10N4O2S/c1-17-8-4-2-7(3-5-8)9-6-19-12(14-9)10-11(13)16-18-15-10/h2-6H,1H3,(H2,13,16). The van der Waals surface area contributed by atoms with Crippen LogP contribution < -0.4 is 10.5 Å². The second kappa shape index (κ2) is 4.69. The van der Waals surface area contributed by atoms with E-state index in [1.807, 2.05) is 29.6 Å². The molecule has 6 nitrogen and oxygen atoms in total. The van der Waals surface area contributed by atoms with Gasteiger partial charge in [-0.1, -0.05) is 0 Å². The zero-order valence-electron chi connectivity index (χ0n) is 10.0. The Bertz CT molecular complexity index is 690. The summed E-state index contributed by atoms with van der Waals surface area (Å²) in [7, 11) is 1.64. The Morgan fingerprint density at radius 1 is 1.21 bits per heavy atom. The van der Waals surface area contributed by atoms with Crippen molar-refractivity contribution in [1.29, 1.82) is 0 Å². The summed E-state index contributed by atoms with van der Waals surface area (Å²) in [6.07, 6.45) is 0. The average molecular weight is 274 g/mol. The number of nitrogens with zero attached hydrogens (tertiary/aromatic N) is 3. The molecule has 0 bridgehead atoms. The van der Waals surface area contributed by atoms with Crippen LogP contribution in [0.1, 0.15) is 0 Å². The van der Waals surface area contributed by atoms with E-state index in [4.69, 9.17) is 10.5 Å². The van der Waals surface area contributed by atoms with Gasteiger partial charge in [0.15, 0.2) is 11.5 Å². The third-order valence-electron chi connectivity index (χ3n) is 2.61. The predicted octanol–water partition coefficient (Wildman–Crippen LogP) is 2.45. The second-order valence-electron chi connectivity index (χ2n) is 3.76. The highest BCUT2D eigenvalue weighted by atomic mass is 32.1. The maximum absolute atomic E-state index is 5.64. The lowest BCUT2D eigenvalue weighted by Gasteiger charge is -2.00. The van der Waals surface area contributed by atoms with E-state index in [-0.39, 0.29) is 5.82 Å². The molecule has 7 heteroatoms. The molecular formula is C12H10N4O2S. The smallest absolute Gasteiger partial charge is 0.198 e. The van der Waals surface area contributed by atoms with Crippen molar-refractivity contribution in [3.8, 4) is 27.7 Å². The number of hydrogen-bond donors (Lipinski definition) is 1. The normalized spacial score (nSPS) is 10.6. The number of nitrogens with two attached hydrogens (primary N) is 1. The Labute approximate surface area is 112 Å². The number of aromatic nitrogens is 3. The largest absolute Gasteiger partial charge is 0.497 e. The van der Waals surface area contributed by atoms with E-state index in [0.29, 0.717) is 10.7 Å².